The van der Waals surface area contributed by atoms with Crippen molar-refractivity contribution < 1.29 is 4.79 Å². The first kappa shape index (κ1) is 21.9. The molecule has 0 aliphatic rings. The minimum atomic E-state index is -0.461. The zero-order valence-corrected chi connectivity index (χ0v) is 19.7. The highest BCUT2D eigenvalue weighted by Gasteiger charge is 2.21. The number of thioether (sulfide) groups is 1. The zero-order valence-electron chi connectivity index (χ0n) is 16.5. The Kier molecular flexibility index (Phi) is 6.71. The number of halogens is 2. The summed E-state index contributed by atoms with van der Waals surface area (Å²) in [5.41, 5.74) is 2.18. The smallest absolute Gasteiger partial charge is 0.262 e. The molecule has 0 spiro atoms. The number of amides is 1. The summed E-state index contributed by atoms with van der Waals surface area (Å²) in [5.74, 6) is -0.171. The molecule has 1 heterocycles. The fraction of sp³-hybridized carbons (Fsp3) is 0.286. The summed E-state index contributed by atoms with van der Waals surface area (Å²) in [4.78, 5) is 30.4. The number of carbonyl (C=O) groups is 1. The third-order valence-electron chi connectivity index (χ3n) is 4.38. The summed E-state index contributed by atoms with van der Waals surface area (Å²) in [6.07, 6.45) is 0. The van der Waals surface area contributed by atoms with Crippen LogP contribution in [0, 0.1) is 6.92 Å². The van der Waals surface area contributed by atoms with Crippen LogP contribution in [-0.4, -0.2) is 20.7 Å². The molecule has 0 saturated heterocycles. The number of benzene rings is 2. The first-order valence-electron chi connectivity index (χ1n) is 9.13. The Morgan fingerprint density at radius 3 is 2.59 bits per heavy atom. The number of fused-ring (bicyclic) bond motifs is 1. The van der Waals surface area contributed by atoms with Crippen molar-refractivity contribution in [3.63, 3.8) is 0 Å². The van der Waals surface area contributed by atoms with Gasteiger partial charge in [0.05, 0.1) is 21.8 Å². The van der Waals surface area contributed by atoms with Gasteiger partial charge in [-0.05, 0) is 79.5 Å². The van der Waals surface area contributed by atoms with Crippen molar-refractivity contribution in [2.24, 2.45) is 0 Å². The second-order valence-electron chi connectivity index (χ2n) is 7.06. The summed E-state index contributed by atoms with van der Waals surface area (Å²) < 4.78 is 2.44. The number of hydrogen-bond acceptors (Lipinski definition) is 4. The molecule has 5 nitrogen and oxygen atoms in total. The lowest BCUT2D eigenvalue weighted by atomic mass is 10.2. The average molecular weight is 495 g/mol. The molecule has 0 radical (unpaired) electrons. The van der Waals surface area contributed by atoms with Crippen molar-refractivity contribution in [2.45, 2.75) is 44.1 Å². The van der Waals surface area contributed by atoms with Crippen LogP contribution in [0.5, 0.6) is 0 Å². The lowest BCUT2D eigenvalue weighted by Gasteiger charge is -2.19. The van der Waals surface area contributed by atoms with Gasteiger partial charge in [0, 0.05) is 15.5 Å². The SMILES string of the molecule is Cc1ccc(NC(=O)C(C)Sc2nc3cc(Cl)ccc3c(=O)n2C(C)C)c(Br)c1. The number of aryl methyl sites for hydroxylation is 1. The van der Waals surface area contributed by atoms with E-state index in [0.29, 0.717) is 26.8 Å². The maximum Gasteiger partial charge on any atom is 0.262 e. The van der Waals surface area contributed by atoms with Gasteiger partial charge in [0.2, 0.25) is 5.91 Å². The topological polar surface area (TPSA) is 64.0 Å². The molecule has 1 N–H and O–H groups in total. The van der Waals surface area contributed by atoms with E-state index in [1.165, 1.54) is 11.8 Å². The average Bonchev–Trinajstić information content (AvgIpc) is 2.63. The van der Waals surface area contributed by atoms with Crippen molar-refractivity contribution in [3.8, 4) is 0 Å². The minimum absolute atomic E-state index is 0.0981. The first-order valence-corrected chi connectivity index (χ1v) is 11.2. The summed E-state index contributed by atoms with van der Waals surface area (Å²) in [6, 6.07) is 10.7. The van der Waals surface area contributed by atoms with Crippen molar-refractivity contribution in [1.82, 2.24) is 9.55 Å². The van der Waals surface area contributed by atoms with E-state index in [1.807, 2.05) is 39.0 Å². The van der Waals surface area contributed by atoms with Gasteiger partial charge in [-0.2, -0.15) is 0 Å². The first-order chi connectivity index (χ1) is 13.7. The van der Waals surface area contributed by atoms with Gasteiger partial charge in [-0.15, -0.1) is 0 Å². The van der Waals surface area contributed by atoms with Crippen molar-refractivity contribution in [2.75, 3.05) is 5.32 Å². The van der Waals surface area contributed by atoms with Crippen LogP contribution >= 0.6 is 39.3 Å². The molecule has 1 aromatic heterocycles. The Balaban J connectivity index is 1.92. The van der Waals surface area contributed by atoms with Crippen molar-refractivity contribution in [1.29, 1.82) is 0 Å². The molecule has 3 aromatic rings. The van der Waals surface area contributed by atoms with E-state index in [4.69, 9.17) is 11.6 Å². The summed E-state index contributed by atoms with van der Waals surface area (Å²) >= 11 is 10.8. The van der Waals surface area contributed by atoms with Crippen molar-refractivity contribution >= 4 is 61.8 Å². The molecule has 3 rings (SSSR count). The number of rotatable bonds is 5. The van der Waals surface area contributed by atoms with Gasteiger partial charge in [-0.25, -0.2) is 4.98 Å². The Bertz CT molecular complexity index is 1150. The molecule has 0 aliphatic carbocycles. The molecule has 0 fully saturated rings. The van der Waals surface area contributed by atoms with E-state index in [-0.39, 0.29) is 17.5 Å². The van der Waals surface area contributed by atoms with Crippen LogP contribution in [0.3, 0.4) is 0 Å². The molecular formula is C21H21BrClN3O2S. The highest BCUT2D eigenvalue weighted by atomic mass is 79.9. The number of anilines is 1. The van der Waals surface area contributed by atoms with E-state index in [9.17, 15) is 9.59 Å². The Hall–Kier alpha value is -1.83. The zero-order chi connectivity index (χ0) is 21.3. The third kappa shape index (κ3) is 4.85. The quantitative estimate of drug-likeness (QED) is 0.358. The Labute approximate surface area is 187 Å². The van der Waals surface area contributed by atoms with Crippen LogP contribution in [0.1, 0.15) is 32.4 Å². The lowest BCUT2D eigenvalue weighted by molar-refractivity contribution is -0.115. The Morgan fingerprint density at radius 2 is 1.93 bits per heavy atom. The predicted molar refractivity (Wildman–Crippen MR) is 124 cm³/mol. The highest BCUT2D eigenvalue weighted by molar-refractivity contribution is 9.10. The van der Waals surface area contributed by atoms with E-state index in [0.717, 1.165) is 10.0 Å². The van der Waals surface area contributed by atoms with E-state index in [2.05, 4.69) is 26.2 Å². The Morgan fingerprint density at radius 1 is 1.21 bits per heavy atom. The predicted octanol–water partition coefficient (Wildman–Crippen LogP) is 5.82. The molecule has 0 saturated carbocycles. The number of aromatic nitrogens is 2. The molecule has 1 amide bonds. The van der Waals surface area contributed by atoms with Gasteiger partial charge < -0.3 is 5.32 Å². The molecule has 0 bridgehead atoms. The van der Waals surface area contributed by atoms with Gasteiger partial charge in [-0.3, -0.25) is 14.2 Å². The van der Waals surface area contributed by atoms with E-state index < -0.39 is 5.25 Å². The molecule has 1 atom stereocenters. The minimum Gasteiger partial charge on any atom is -0.324 e. The van der Waals surface area contributed by atoms with Gasteiger partial charge >= 0.3 is 0 Å². The monoisotopic (exact) mass is 493 g/mol. The van der Waals surface area contributed by atoms with Gasteiger partial charge in [-0.1, -0.05) is 29.4 Å². The summed E-state index contributed by atoms with van der Waals surface area (Å²) in [7, 11) is 0. The van der Waals surface area contributed by atoms with Crippen LogP contribution in [-0.2, 0) is 4.79 Å². The van der Waals surface area contributed by atoms with Crippen LogP contribution in [0.15, 0.2) is 50.8 Å². The van der Waals surface area contributed by atoms with E-state index in [1.54, 1.807) is 29.7 Å². The maximum atomic E-state index is 13.0. The standard InChI is InChI=1S/C21H21BrClN3O2S/c1-11(2)26-20(28)15-7-6-14(23)10-18(15)25-21(26)29-13(4)19(27)24-17-8-5-12(3)9-16(17)22/h5-11,13H,1-4H3,(H,24,27). The normalized spacial score (nSPS) is 12.4. The molecule has 8 heteroatoms. The number of carbonyl (C=O) groups excluding carboxylic acids is 1. The number of nitrogens with one attached hydrogen (secondary N) is 1. The fourth-order valence-corrected chi connectivity index (χ4v) is 4.66. The van der Waals surface area contributed by atoms with Gasteiger partial charge in [0.15, 0.2) is 5.16 Å². The lowest BCUT2D eigenvalue weighted by Crippen LogP contribution is -2.28. The van der Waals surface area contributed by atoms with Crippen LogP contribution < -0.4 is 10.9 Å². The number of nitrogens with zero attached hydrogens (tertiary/aromatic N) is 2. The molecule has 1 unspecified atom stereocenters. The molecular weight excluding hydrogens is 474 g/mol. The van der Waals surface area contributed by atoms with Crippen LogP contribution in [0.25, 0.3) is 10.9 Å². The highest BCUT2D eigenvalue weighted by Crippen LogP contribution is 2.28. The van der Waals surface area contributed by atoms with Crippen molar-refractivity contribution in [3.05, 3.63) is 61.8 Å². The summed E-state index contributed by atoms with van der Waals surface area (Å²) in [5, 5.41) is 3.97. The molecule has 152 valence electrons. The maximum absolute atomic E-state index is 13.0. The van der Waals surface area contributed by atoms with Crippen LogP contribution in [0.2, 0.25) is 5.02 Å². The van der Waals surface area contributed by atoms with Crippen LogP contribution in [0.4, 0.5) is 5.69 Å². The van der Waals surface area contributed by atoms with Gasteiger partial charge in [0.25, 0.3) is 5.56 Å². The third-order valence-corrected chi connectivity index (χ3v) is 6.34. The van der Waals surface area contributed by atoms with E-state index >= 15 is 0 Å². The molecule has 2 aromatic carbocycles. The fourth-order valence-electron chi connectivity index (χ4n) is 2.86. The number of hydrogen-bond donors (Lipinski definition) is 1. The van der Waals surface area contributed by atoms with Gasteiger partial charge in [0.1, 0.15) is 0 Å². The molecule has 0 aliphatic heterocycles. The molecule has 29 heavy (non-hydrogen) atoms. The summed E-state index contributed by atoms with van der Waals surface area (Å²) in [6.45, 7) is 7.62. The second-order valence-corrected chi connectivity index (χ2v) is 9.66. The largest absolute Gasteiger partial charge is 0.324 e. The second kappa shape index (κ2) is 8.90.